The molecule has 310 valence electrons. The Balaban J connectivity index is 0.795. The van der Waals surface area contributed by atoms with Crippen LogP contribution in [0.25, 0.3) is 22.6 Å². The number of hydrogen-bond acceptors (Lipinski definition) is 12. The van der Waals surface area contributed by atoms with E-state index < -0.39 is 46.6 Å². The van der Waals surface area contributed by atoms with Gasteiger partial charge in [-0.2, -0.15) is 9.37 Å². The van der Waals surface area contributed by atoms with E-state index in [1.54, 1.807) is 23.9 Å². The summed E-state index contributed by atoms with van der Waals surface area (Å²) < 4.78 is 50.2. The maximum atomic E-state index is 14.1. The average molecular weight is 817 g/mol. The number of aryl methyl sites for hydroxylation is 2. The number of benzene rings is 2. The van der Waals surface area contributed by atoms with E-state index in [4.69, 9.17) is 9.51 Å². The third kappa shape index (κ3) is 8.15. The number of hydrogen-bond donors (Lipinski definition) is 3. The van der Waals surface area contributed by atoms with Crippen LogP contribution in [0.1, 0.15) is 78.7 Å². The van der Waals surface area contributed by atoms with Crippen molar-refractivity contribution in [2.75, 3.05) is 44.2 Å². The van der Waals surface area contributed by atoms with Gasteiger partial charge in [0.1, 0.15) is 11.7 Å². The van der Waals surface area contributed by atoms with Gasteiger partial charge in [-0.1, -0.05) is 11.2 Å². The Labute approximate surface area is 335 Å². The van der Waals surface area contributed by atoms with Gasteiger partial charge in [-0.05, 0) is 87.2 Å². The number of nitrogens with zero attached hydrogens (tertiary/aromatic N) is 8. The van der Waals surface area contributed by atoms with E-state index in [-0.39, 0.29) is 42.3 Å². The molecule has 1 aliphatic carbocycles. The summed E-state index contributed by atoms with van der Waals surface area (Å²) in [5.74, 6) is -6.51. The first-order valence-corrected chi connectivity index (χ1v) is 19.8. The third-order valence-corrected chi connectivity index (χ3v) is 11.7. The highest BCUT2D eigenvalue weighted by Crippen LogP contribution is 2.35. The molecule has 1 saturated carbocycles. The molecule has 0 spiro atoms. The molecule has 3 aliphatic rings. The number of imidazole rings is 1. The van der Waals surface area contributed by atoms with Crippen molar-refractivity contribution in [3.05, 3.63) is 81.4 Å². The number of anilines is 1. The minimum absolute atomic E-state index is 0.0233. The van der Waals surface area contributed by atoms with Gasteiger partial charge >= 0.3 is 5.69 Å². The number of carbonyl (C=O) groups excluding carboxylic acids is 3. The van der Waals surface area contributed by atoms with E-state index in [0.717, 1.165) is 56.6 Å². The normalized spacial score (nSPS) is 20.3. The molecule has 59 heavy (non-hydrogen) atoms. The van der Waals surface area contributed by atoms with Crippen molar-refractivity contribution >= 4 is 34.7 Å². The smallest absolute Gasteiger partial charge is 0.329 e. The van der Waals surface area contributed by atoms with Crippen molar-refractivity contribution in [3.63, 3.8) is 0 Å². The van der Waals surface area contributed by atoms with Crippen LogP contribution in [0, 0.1) is 23.4 Å². The van der Waals surface area contributed by atoms with Gasteiger partial charge < -0.3 is 19.8 Å². The number of halogens is 3. The second kappa shape index (κ2) is 16.6. The summed E-state index contributed by atoms with van der Waals surface area (Å²) in [5, 5.41) is 18.3. The predicted molar refractivity (Wildman–Crippen MR) is 206 cm³/mol. The summed E-state index contributed by atoms with van der Waals surface area (Å²) in [7, 11) is 1.70. The molecule has 2 aromatic carbocycles. The molecule has 2 saturated heterocycles. The van der Waals surface area contributed by atoms with E-state index in [9.17, 15) is 37.5 Å². The Morgan fingerprint density at radius 2 is 1.75 bits per heavy atom. The standard InChI is InChI=1S/C40H43F3N10O6/c1-50-30-19-22(6-9-28(30)53(40(50)58)29-10-11-31(54)47-37(29)57)3-2-14-51-15-17-52(18-16-51)39-44-13-12-27(46-39)38-48-35(49-59-38)24-7-4-23(5-8-24)21-45-36(56)25-20-26(41)34(55)33(43)32(25)42/h6,9,12-13,19-20,23-24,29,55H,2-5,7-8,10-11,14-18,21H2,1H3,(H,45,56)(H,47,54,57)/t23-,24-,29?. The molecule has 3 fully saturated rings. The van der Waals surface area contributed by atoms with Crippen LogP contribution in [-0.4, -0.2) is 96.2 Å². The number of aromatic hydroxyl groups is 1. The molecular formula is C40H43F3N10O6. The van der Waals surface area contributed by atoms with Crippen LogP contribution in [0.3, 0.4) is 0 Å². The van der Waals surface area contributed by atoms with Crippen LogP contribution in [-0.2, 0) is 23.1 Å². The molecule has 0 radical (unpaired) electrons. The van der Waals surface area contributed by atoms with Crippen molar-refractivity contribution in [1.29, 1.82) is 0 Å². The second-order valence-corrected chi connectivity index (χ2v) is 15.4. The number of aromatic nitrogens is 6. The SMILES string of the molecule is Cn1c(=O)n(C2CCC(=O)NC2=O)c2ccc(CCCN3CCN(c4nccc(-c5nc([C@H]6CC[C@H](CNC(=O)c7cc(F)c(O)c(F)c7F)CC6)no5)n4)CC3)cc21. The summed E-state index contributed by atoms with van der Waals surface area (Å²) in [6.07, 6.45) is 6.75. The van der Waals surface area contributed by atoms with Crippen molar-refractivity contribution in [3.8, 4) is 17.3 Å². The number of piperidine rings is 1. The second-order valence-electron chi connectivity index (χ2n) is 15.4. The van der Waals surface area contributed by atoms with E-state index in [1.165, 1.54) is 4.57 Å². The average Bonchev–Trinajstić information content (AvgIpc) is 3.84. The largest absolute Gasteiger partial charge is 0.503 e. The fourth-order valence-electron chi connectivity index (χ4n) is 8.30. The Kier molecular flexibility index (Phi) is 11.2. The molecule has 3 N–H and O–H groups in total. The molecule has 1 unspecified atom stereocenters. The molecule has 16 nitrogen and oxygen atoms in total. The summed E-state index contributed by atoms with van der Waals surface area (Å²) in [4.78, 5) is 68.1. The van der Waals surface area contributed by atoms with Gasteiger partial charge in [0.15, 0.2) is 23.2 Å². The lowest BCUT2D eigenvalue weighted by molar-refractivity contribution is -0.135. The quantitative estimate of drug-likeness (QED) is 0.129. The Hall–Kier alpha value is -6.11. The van der Waals surface area contributed by atoms with E-state index in [2.05, 4.69) is 35.6 Å². The van der Waals surface area contributed by atoms with Crippen molar-refractivity contribution < 1.29 is 37.2 Å². The number of phenols is 1. The maximum absolute atomic E-state index is 14.1. The lowest BCUT2D eigenvalue weighted by Crippen LogP contribution is -2.47. The molecule has 2 aliphatic heterocycles. The van der Waals surface area contributed by atoms with Crippen LogP contribution >= 0.6 is 0 Å². The first-order chi connectivity index (χ1) is 28.4. The first-order valence-electron chi connectivity index (χ1n) is 19.8. The molecule has 0 bridgehead atoms. The van der Waals surface area contributed by atoms with Crippen LogP contribution < -0.4 is 21.2 Å². The zero-order valence-electron chi connectivity index (χ0n) is 32.3. The van der Waals surface area contributed by atoms with Gasteiger partial charge in [0, 0.05) is 58.3 Å². The number of amides is 3. The number of carbonyl (C=O) groups is 3. The first kappa shape index (κ1) is 39.7. The number of piperazine rings is 1. The van der Waals surface area contributed by atoms with Gasteiger partial charge in [-0.3, -0.25) is 33.7 Å². The molecule has 1 atom stereocenters. The summed E-state index contributed by atoms with van der Waals surface area (Å²) in [5.41, 5.74) is 1.95. The molecule has 8 rings (SSSR count). The number of rotatable bonds is 11. The lowest BCUT2D eigenvalue weighted by atomic mass is 9.81. The Morgan fingerprint density at radius 3 is 2.51 bits per heavy atom. The van der Waals surface area contributed by atoms with Crippen molar-refractivity contribution in [2.45, 2.75) is 63.3 Å². The van der Waals surface area contributed by atoms with Gasteiger partial charge in [-0.25, -0.2) is 23.5 Å². The van der Waals surface area contributed by atoms with Crippen molar-refractivity contribution in [2.24, 2.45) is 13.0 Å². The van der Waals surface area contributed by atoms with Gasteiger partial charge in [0.2, 0.25) is 23.6 Å². The molecule has 5 heterocycles. The predicted octanol–water partition coefficient (Wildman–Crippen LogP) is 3.74. The Bertz CT molecular complexity index is 2470. The fourth-order valence-corrected chi connectivity index (χ4v) is 8.30. The van der Waals surface area contributed by atoms with Crippen molar-refractivity contribution in [1.82, 2.24) is 44.8 Å². The molecule has 5 aromatic rings. The van der Waals surface area contributed by atoms with E-state index in [1.807, 2.05) is 18.2 Å². The van der Waals surface area contributed by atoms with Crippen LogP contribution in [0.15, 0.2) is 45.8 Å². The van der Waals surface area contributed by atoms with Crippen LogP contribution in [0.5, 0.6) is 5.75 Å². The third-order valence-electron chi connectivity index (χ3n) is 11.7. The maximum Gasteiger partial charge on any atom is 0.329 e. The van der Waals surface area contributed by atoms with Crippen LogP contribution in [0.4, 0.5) is 19.1 Å². The Morgan fingerprint density at radius 1 is 0.966 bits per heavy atom. The van der Waals surface area contributed by atoms with Crippen LogP contribution in [0.2, 0.25) is 0 Å². The van der Waals surface area contributed by atoms with Gasteiger partial charge in [-0.15, -0.1) is 0 Å². The van der Waals surface area contributed by atoms with Gasteiger partial charge in [0.25, 0.3) is 11.8 Å². The molecule has 19 heteroatoms. The summed E-state index contributed by atoms with van der Waals surface area (Å²) >= 11 is 0. The zero-order valence-corrected chi connectivity index (χ0v) is 32.3. The monoisotopic (exact) mass is 816 g/mol. The molecule has 3 amide bonds. The summed E-state index contributed by atoms with van der Waals surface area (Å²) in [6.45, 7) is 4.23. The highest BCUT2D eigenvalue weighted by Gasteiger charge is 2.32. The number of fused-ring (bicyclic) bond motifs is 1. The number of phenolic OH excluding ortho intramolecular Hbond substituents is 1. The minimum atomic E-state index is -1.80. The minimum Gasteiger partial charge on any atom is -0.503 e. The highest BCUT2D eigenvalue weighted by molar-refractivity contribution is 6.00. The molecular weight excluding hydrogens is 773 g/mol. The van der Waals surface area contributed by atoms with E-state index >= 15 is 0 Å². The summed E-state index contributed by atoms with van der Waals surface area (Å²) in [6, 6.07) is 7.38. The topological polar surface area (TPSA) is 194 Å². The number of imide groups is 1. The zero-order chi connectivity index (χ0) is 41.4. The lowest BCUT2D eigenvalue weighted by Gasteiger charge is -2.34. The highest BCUT2D eigenvalue weighted by atomic mass is 19.2. The fraction of sp³-hybridized carbons (Fsp3) is 0.450. The van der Waals surface area contributed by atoms with Gasteiger partial charge in [0.05, 0.1) is 16.6 Å². The van der Waals surface area contributed by atoms with E-state index in [0.29, 0.717) is 61.2 Å². The molecule has 3 aromatic heterocycles. The number of nitrogens with one attached hydrogen (secondary N) is 2.